The smallest absolute Gasteiger partial charge is 0.0931 e. The van der Waals surface area contributed by atoms with Crippen molar-refractivity contribution in [1.82, 2.24) is 4.90 Å². The maximum absolute atomic E-state index is 6.52. The Kier molecular flexibility index (Phi) is 5.26. The van der Waals surface area contributed by atoms with Crippen LogP contribution >= 0.6 is 22.9 Å². The zero-order valence-electron chi connectivity index (χ0n) is 11.7. The lowest BCUT2D eigenvalue weighted by Gasteiger charge is -2.46. The predicted molar refractivity (Wildman–Crippen MR) is 82.1 cm³/mol. The summed E-state index contributed by atoms with van der Waals surface area (Å²) in [7, 11) is 0. The molecule has 0 aliphatic carbocycles. The molecule has 108 valence electrons. The molecule has 0 spiro atoms. The molecular weight excluding hydrogens is 280 g/mol. The Morgan fingerprint density at radius 3 is 2.68 bits per heavy atom. The molecule has 5 heteroatoms. The summed E-state index contributed by atoms with van der Waals surface area (Å²) < 4.78 is 6.28. The van der Waals surface area contributed by atoms with E-state index in [9.17, 15) is 0 Å². The topological polar surface area (TPSA) is 38.5 Å². The monoisotopic (exact) mass is 302 g/mol. The quantitative estimate of drug-likeness (QED) is 0.909. The van der Waals surface area contributed by atoms with E-state index >= 15 is 0 Å². The fourth-order valence-electron chi connectivity index (χ4n) is 2.69. The lowest BCUT2D eigenvalue weighted by Crippen LogP contribution is -2.61. The van der Waals surface area contributed by atoms with E-state index in [0.717, 1.165) is 43.5 Å². The van der Waals surface area contributed by atoms with Gasteiger partial charge in [-0.05, 0) is 31.9 Å². The van der Waals surface area contributed by atoms with Crippen LogP contribution in [0.5, 0.6) is 0 Å². The molecule has 19 heavy (non-hydrogen) atoms. The average molecular weight is 303 g/mol. The number of nitrogens with two attached hydrogens (primary N) is 1. The largest absolute Gasteiger partial charge is 0.379 e. The third kappa shape index (κ3) is 3.50. The Morgan fingerprint density at radius 2 is 2.16 bits per heavy atom. The van der Waals surface area contributed by atoms with Crippen LogP contribution in [0.1, 0.15) is 25.1 Å². The number of hydrogen-bond acceptors (Lipinski definition) is 4. The molecule has 3 nitrogen and oxygen atoms in total. The van der Waals surface area contributed by atoms with Crippen LogP contribution in [-0.2, 0) is 11.2 Å². The van der Waals surface area contributed by atoms with Gasteiger partial charge in [0.05, 0.1) is 17.6 Å². The van der Waals surface area contributed by atoms with Crippen molar-refractivity contribution in [1.29, 1.82) is 0 Å². The van der Waals surface area contributed by atoms with Gasteiger partial charge in [-0.2, -0.15) is 0 Å². The summed E-state index contributed by atoms with van der Waals surface area (Å²) >= 11 is 7.62. The van der Waals surface area contributed by atoms with Crippen LogP contribution in [0.25, 0.3) is 0 Å². The van der Waals surface area contributed by atoms with E-state index in [0.29, 0.717) is 0 Å². The first kappa shape index (κ1) is 15.3. The number of ether oxygens (including phenoxy) is 1. The second kappa shape index (κ2) is 6.55. The van der Waals surface area contributed by atoms with Crippen LogP contribution in [0.3, 0.4) is 0 Å². The van der Waals surface area contributed by atoms with E-state index in [1.165, 1.54) is 4.88 Å². The highest BCUT2D eigenvalue weighted by atomic mass is 35.5. The summed E-state index contributed by atoms with van der Waals surface area (Å²) in [5, 5.41) is 0. The van der Waals surface area contributed by atoms with E-state index in [2.05, 4.69) is 24.8 Å². The van der Waals surface area contributed by atoms with Crippen molar-refractivity contribution in [2.24, 2.45) is 5.73 Å². The highest BCUT2D eigenvalue weighted by Crippen LogP contribution is 2.29. The van der Waals surface area contributed by atoms with E-state index < -0.39 is 0 Å². The summed E-state index contributed by atoms with van der Waals surface area (Å²) in [6.45, 7) is 8.07. The van der Waals surface area contributed by atoms with Crippen molar-refractivity contribution >= 4 is 22.9 Å². The van der Waals surface area contributed by atoms with Crippen molar-refractivity contribution in [2.75, 3.05) is 26.3 Å². The van der Waals surface area contributed by atoms with Crippen molar-refractivity contribution in [2.45, 2.75) is 38.3 Å². The summed E-state index contributed by atoms with van der Waals surface area (Å²) in [6.07, 6.45) is 1.94. The molecule has 2 rings (SSSR count). The fourth-order valence-corrected chi connectivity index (χ4v) is 3.84. The number of morpholine rings is 1. The lowest BCUT2D eigenvalue weighted by atomic mass is 9.85. The van der Waals surface area contributed by atoms with Crippen molar-refractivity contribution in [3.8, 4) is 0 Å². The molecule has 1 aliphatic heterocycles. The number of hydrogen-bond donors (Lipinski definition) is 1. The Morgan fingerprint density at radius 1 is 1.47 bits per heavy atom. The zero-order valence-corrected chi connectivity index (χ0v) is 13.3. The van der Waals surface area contributed by atoms with Crippen LogP contribution in [0.4, 0.5) is 0 Å². The third-order valence-corrected chi connectivity index (χ3v) is 5.55. The molecule has 1 aromatic rings. The van der Waals surface area contributed by atoms with Gasteiger partial charge in [0.1, 0.15) is 0 Å². The number of halogens is 1. The minimum Gasteiger partial charge on any atom is -0.379 e. The van der Waals surface area contributed by atoms with Gasteiger partial charge in [0, 0.05) is 29.5 Å². The summed E-state index contributed by atoms with van der Waals surface area (Å²) in [6, 6.07) is 4.15. The first-order valence-electron chi connectivity index (χ1n) is 6.89. The second-order valence-electron chi connectivity index (χ2n) is 5.33. The van der Waals surface area contributed by atoms with Gasteiger partial charge in [0.25, 0.3) is 0 Å². The van der Waals surface area contributed by atoms with Crippen LogP contribution in [0.15, 0.2) is 12.1 Å². The molecule has 1 aromatic heterocycles. The first-order valence-corrected chi connectivity index (χ1v) is 8.08. The maximum atomic E-state index is 6.52. The van der Waals surface area contributed by atoms with Crippen molar-refractivity contribution in [3.05, 3.63) is 21.3 Å². The molecule has 2 heterocycles. The Labute approximate surface area is 124 Å². The van der Waals surface area contributed by atoms with Gasteiger partial charge in [0.2, 0.25) is 0 Å². The van der Waals surface area contributed by atoms with Gasteiger partial charge < -0.3 is 10.5 Å². The van der Waals surface area contributed by atoms with E-state index in [-0.39, 0.29) is 11.6 Å². The van der Waals surface area contributed by atoms with Crippen molar-refractivity contribution < 1.29 is 4.74 Å². The summed E-state index contributed by atoms with van der Waals surface area (Å²) in [5.41, 5.74) is 6.54. The second-order valence-corrected chi connectivity index (χ2v) is 7.13. The Hall–Kier alpha value is -0.130. The number of nitrogens with zero attached hydrogens (tertiary/aromatic N) is 1. The predicted octanol–water partition coefficient (Wildman–Crippen LogP) is 2.77. The molecular formula is C14H23ClN2OS. The maximum Gasteiger partial charge on any atom is 0.0931 e. The van der Waals surface area contributed by atoms with Gasteiger partial charge in [0.15, 0.2) is 0 Å². The molecule has 2 N–H and O–H groups in total. The minimum atomic E-state index is 0.0280. The van der Waals surface area contributed by atoms with E-state index in [4.69, 9.17) is 22.1 Å². The molecule has 2 atom stereocenters. The van der Waals surface area contributed by atoms with Gasteiger partial charge in [-0.25, -0.2) is 0 Å². The number of thiophene rings is 1. The standard InChI is InChI=1S/C14H23ClN2OS/c1-3-14(2,17-6-8-18-9-7-17)12(16)10-11-4-5-13(15)19-11/h4-5,12H,3,6-10,16H2,1-2H3. The first-order chi connectivity index (χ1) is 9.06. The highest BCUT2D eigenvalue weighted by Gasteiger charge is 2.37. The molecule has 0 radical (unpaired) electrons. The average Bonchev–Trinajstić information content (AvgIpc) is 2.84. The minimum absolute atomic E-state index is 0.0280. The van der Waals surface area contributed by atoms with Crippen molar-refractivity contribution in [3.63, 3.8) is 0 Å². The van der Waals surface area contributed by atoms with Crippen LogP contribution < -0.4 is 5.73 Å². The normalized spacial score (nSPS) is 22.1. The summed E-state index contributed by atoms with van der Waals surface area (Å²) in [5.74, 6) is 0. The fraction of sp³-hybridized carbons (Fsp3) is 0.714. The molecule has 0 aromatic carbocycles. The molecule has 2 unspecified atom stereocenters. The molecule has 1 aliphatic rings. The third-order valence-electron chi connectivity index (χ3n) is 4.30. The Balaban J connectivity index is 2.06. The van der Waals surface area contributed by atoms with Gasteiger partial charge in [-0.1, -0.05) is 18.5 Å². The molecule has 0 amide bonds. The zero-order chi connectivity index (χ0) is 13.9. The van der Waals surface area contributed by atoms with E-state index in [1.807, 2.05) is 6.07 Å². The SMILES string of the molecule is CCC(C)(C(N)Cc1ccc(Cl)s1)N1CCOCC1. The van der Waals surface area contributed by atoms with Gasteiger partial charge in [-0.3, -0.25) is 4.90 Å². The number of rotatable bonds is 5. The highest BCUT2D eigenvalue weighted by molar-refractivity contribution is 7.16. The van der Waals surface area contributed by atoms with Crippen LogP contribution in [0, 0.1) is 0 Å². The van der Waals surface area contributed by atoms with Crippen LogP contribution in [0.2, 0.25) is 4.34 Å². The molecule has 0 bridgehead atoms. The van der Waals surface area contributed by atoms with Crippen LogP contribution in [-0.4, -0.2) is 42.8 Å². The molecule has 1 fully saturated rings. The molecule has 1 saturated heterocycles. The Bertz CT molecular complexity index is 406. The molecule has 0 saturated carbocycles. The van der Waals surface area contributed by atoms with Gasteiger partial charge >= 0.3 is 0 Å². The van der Waals surface area contributed by atoms with Gasteiger partial charge in [-0.15, -0.1) is 11.3 Å². The van der Waals surface area contributed by atoms with E-state index in [1.54, 1.807) is 11.3 Å². The lowest BCUT2D eigenvalue weighted by molar-refractivity contribution is -0.0271. The summed E-state index contributed by atoms with van der Waals surface area (Å²) in [4.78, 5) is 3.75.